The summed E-state index contributed by atoms with van der Waals surface area (Å²) in [5, 5.41) is 13.5. The van der Waals surface area contributed by atoms with Gasteiger partial charge in [0, 0.05) is 30.4 Å². The first-order chi connectivity index (χ1) is 7.79. The fourth-order valence-corrected chi connectivity index (χ4v) is 2.22. The summed E-state index contributed by atoms with van der Waals surface area (Å²) in [5.41, 5.74) is 2.10. The smallest absolute Gasteiger partial charge is 0.147 e. The molecule has 0 saturated heterocycles. The van der Waals surface area contributed by atoms with E-state index in [4.69, 9.17) is 0 Å². The Labute approximate surface area is 98.8 Å². The first kappa shape index (κ1) is 11.2. The van der Waals surface area contributed by atoms with E-state index >= 15 is 0 Å². The summed E-state index contributed by atoms with van der Waals surface area (Å²) in [6, 6.07) is 4.00. The number of likely N-dealkylation sites (N-methyl/N-ethyl adjacent to an activating group) is 1. The van der Waals surface area contributed by atoms with Crippen LogP contribution in [0.3, 0.4) is 0 Å². The molecule has 0 aliphatic rings. The lowest BCUT2D eigenvalue weighted by Gasteiger charge is -1.95. The van der Waals surface area contributed by atoms with Gasteiger partial charge in [0.2, 0.25) is 0 Å². The highest BCUT2D eigenvalue weighted by Crippen LogP contribution is 2.23. The highest BCUT2D eigenvalue weighted by atomic mass is 32.1. The molecule has 0 aliphatic carbocycles. The molecule has 0 amide bonds. The van der Waals surface area contributed by atoms with E-state index in [0.29, 0.717) is 0 Å². The van der Waals surface area contributed by atoms with Crippen molar-refractivity contribution < 1.29 is 0 Å². The van der Waals surface area contributed by atoms with Crippen LogP contribution in [0.2, 0.25) is 0 Å². The molecule has 16 heavy (non-hydrogen) atoms. The third-order valence-electron chi connectivity index (χ3n) is 2.20. The van der Waals surface area contributed by atoms with Crippen molar-refractivity contribution in [2.75, 3.05) is 13.6 Å². The van der Waals surface area contributed by atoms with Gasteiger partial charge in [-0.05, 0) is 26.1 Å². The Bertz CT molecular complexity index is 467. The molecule has 2 rings (SSSR count). The molecule has 0 atom stereocenters. The van der Waals surface area contributed by atoms with Gasteiger partial charge in [0.25, 0.3) is 0 Å². The van der Waals surface area contributed by atoms with Crippen LogP contribution < -0.4 is 5.32 Å². The van der Waals surface area contributed by atoms with Crippen molar-refractivity contribution in [3.63, 3.8) is 0 Å². The maximum atomic E-state index is 4.19. The maximum Gasteiger partial charge on any atom is 0.147 e. The minimum absolute atomic E-state index is 0.929. The Morgan fingerprint density at radius 3 is 3.00 bits per heavy atom. The lowest BCUT2D eigenvalue weighted by Crippen LogP contribution is -2.09. The van der Waals surface area contributed by atoms with E-state index in [1.54, 1.807) is 17.5 Å². The Hall–Kier alpha value is -1.33. The predicted molar refractivity (Wildman–Crippen MR) is 65.5 cm³/mol. The zero-order valence-corrected chi connectivity index (χ0v) is 10.2. The standard InChI is InChI=1S/C11H14N4S/c1-8-7-9(3-6-13-8)11-15-14-10(16-11)4-5-12-2/h3,6-7,12H,4-5H2,1-2H3. The molecule has 4 nitrogen and oxygen atoms in total. The second-order valence-electron chi connectivity index (χ2n) is 3.54. The second kappa shape index (κ2) is 5.14. The Morgan fingerprint density at radius 2 is 2.25 bits per heavy atom. The molecular weight excluding hydrogens is 220 g/mol. The number of rotatable bonds is 4. The van der Waals surface area contributed by atoms with E-state index in [1.165, 1.54) is 0 Å². The van der Waals surface area contributed by atoms with E-state index in [0.717, 1.165) is 34.2 Å². The van der Waals surface area contributed by atoms with Gasteiger partial charge in [-0.2, -0.15) is 0 Å². The van der Waals surface area contributed by atoms with Gasteiger partial charge in [-0.3, -0.25) is 4.98 Å². The van der Waals surface area contributed by atoms with Crippen LogP contribution >= 0.6 is 11.3 Å². The van der Waals surface area contributed by atoms with Crippen LogP contribution in [0.15, 0.2) is 18.3 Å². The van der Waals surface area contributed by atoms with E-state index < -0.39 is 0 Å². The summed E-state index contributed by atoms with van der Waals surface area (Å²) in [6.45, 7) is 2.91. The maximum absolute atomic E-state index is 4.19. The monoisotopic (exact) mass is 234 g/mol. The normalized spacial score (nSPS) is 10.6. The number of nitrogens with zero attached hydrogens (tertiary/aromatic N) is 3. The van der Waals surface area contributed by atoms with Gasteiger partial charge in [0.1, 0.15) is 10.0 Å². The number of hydrogen-bond acceptors (Lipinski definition) is 5. The van der Waals surface area contributed by atoms with Crippen molar-refractivity contribution in [1.82, 2.24) is 20.5 Å². The summed E-state index contributed by atoms with van der Waals surface area (Å²) >= 11 is 1.64. The molecule has 84 valence electrons. The second-order valence-corrected chi connectivity index (χ2v) is 4.60. The molecule has 0 aromatic carbocycles. The van der Waals surface area contributed by atoms with Gasteiger partial charge in [0.05, 0.1) is 0 Å². The van der Waals surface area contributed by atoms with Gasteiger partial charge in [-0.1, -0.05) is 11.3 Å². The minimum atomic E-state index is 0.929. The van der Waals surface area contributed by atoms with Crippen LogP contribution in [0, 0.1) is 6.92 Å². The average Bonchev–Trinajstić information content (AvgIpc) is 2.75. The van der Waals surface area contributed by atoms with Crippen molar-refractivity contribution >= 4 is 11.3 Å². The van der Waals surface area contributed by atoms with Crippen molar-refractivity contribution in [2.24, 2.45) is 0 Å². The largest absolute Gasteiger partial charge is 0.319 e. The molecule has 0 aliphatic heterocycles. The van der Waals surface area contributed by atoms with E-state index in [9.17, 15) is 0 Å². The van der Waals surface area contributed by atoms with Crippen molar-refractivity contribution in [2.45, 2.75) is 13.3 Å². The van der Waals surface area contributed by atoms with Gasteiger partial charge in [-0.15, -0.1) is 10.2 Å². The molecule has 0 unspecified atom stereocenters. The minimum Gasteiger partial charge on any atom is -0.319 e. The molecule has 0 fully saturated rings. The first-order valence-electron chi connectivity index (χ1n) is 5.19. The predicted octanol–water partition coefficient (Wildman–Crippen LogP) is 1.67. The molecular formula is C11H14N4S. The summed E-state index contributed by atoms with van der Waals surface area (Å²) in [5.74, 6) is 0. The highest BCUT2D eigenvalue weighted by Gasteiger charge is 2.06. The van der Waals surface area contributed by atoms with Crippen LogP contribution in [0.25, 0.3) is 10.6 Å². The number of aryl methyl sites for hydroxylation is 1. The van der Waals surface area contributed by atoms with Crippen molar-refractivity contribution in [3.05, 3.63) is 29.0 Å². The van der Waals surface area contributed by atoms with Crippen LogP contribution in [0.4, 0.5) is 0 Å². The van der Waals surface area contributed by atoms with Crippen LogP contribution in [-0.2, 0) is 6.42 Å². The van der Waals surface area contributed by atoms with Gasteiger partial charge >= 0.3 is 0 Å². The van der Waals surface area contributed by atoms with Crippen LogP contribution in [0.1, 0.15) is 10.7 Å². The summed E-state index contributed by atoms with van der Waals surface area (Å²) < 4.78 is 0. The number of aromatic nitrogens is 3. The SMILES string of the molecule is CNCCc1nnc(-c2ccnc(C)c2)s1. The molecule has 0 spiro atoms. The fraction of sp³-hybridized carbons (Fsp3) is 0.364. The third kappa shape index (κ3) is 2.62. The highest BCUT2D eigenvalue weighted by molar-refractivity contribution is 7.14. The Morgan fingerprint density at radius 1 is 1.38 bits per heavy atom. The molecule has 1 N–H and O–H groups in total. The van der Waals surface area contributed by atoms with Gasteiger partial charge < -0.3 is 5.32 Å². The van der Waals surface area contributed by atoms with Crippen LogP contribution in [0.5, 0.6) is 0 Å². The van der Waals surface area contributed by atoms with Crippen molar-refractivity contribution in [3.8, 4) is 10.6 Å². The van der Waals surface area contributed by atoms with Gasteiger partial charge in [-0.25, -0.2) is 0 Å². The molecule has 0 radical (unpaired) electrons. The molecule has 0 saturated carbocycles. The molecule has 2 aromatic rings. The van der Waals surface area contributed by atoms with E-state index in [2.05, 4.69) is 20.5 Å². The summed E-state index contributed by atoms with van der Waals surface area (Å²) in [4.78, 5) is 4.17. The zero-order valence-electron chi connectivity index (χ0n) is 9.40. The first-order valence-corrected chi connectivity index (χ1v) is 6.01. The number of nitrogens with one attached hydrogen (secondary N) is 1. The Balaban J connectivity index is 2.18. The van der Waals surface area contributed by atoms with E-state index in [1.807, 2.05) is 26.1 Å². The van der Waals surface area contributed by atoms with Crippen LogP contribution in [-0.4, -0.2) is 28.8 Å². The van der Waals surface area contributed by atoms with E-state index in [-0.39, 0.29) is 0 Å². The molecule has 2 heterocycles. The third-order valence-corrected chi connectivity index (χ3v) is 3.23. The lowest BCUT2D eigenvalue weighted by molar-refractivity contribution is 0.779. The summed E-state index contributed by atoms with van der Waals surface area (Å²) in [7, 11) is 1.94. The number of hydrogen-bond donors (Lipinski definition) is 1. The molecule has 2 aromatic heterocycles. The average molecular weight is 234 g/mol. The topological polar surface area (TPSA) is 50.7 Å². The lowest BCUT2D eigenvalue weighted by atomic mass is 10.2. The summed E-state index contributed by atoms with van der Waals surface area (Å²) in [6.07, 6.45) is 2.73. The fourth-order valence-electron chi connectivity index (χ4n) is 1.38. The Kier molecular flexibility index (Phi) is 3.58. The molecule has 5 heteroatoms. The number of pyridine rings is 1. The zero-order chi connectivity index (χ0) is 11.4. The molecule has 0 bridgehead atoms. The van der Waals surface area contributed by atoms with Crippen molar-refractivity contribution in [1.29, 1.82) is 0 Å². The van der Waals surface area contributed by atoms with Gasteiger partial charge in [0.15, 0.2) is 0 Å². The quantitative estimate of drug-likeness (QED) is 0.874.